The number of benzene rings is 1. The van der Waals surface area contributed by atoms with Crippen molar-refractivity contribution in [3.8, 4) is 0 Å². The summed E-state index contributed by atoms with van der Waals surface area (Å²) in [6.45, 7) is 1.90. The number of pyridine rings is 1. The van der Waals surface area contributed by atoms with Gasteiger partial charge < -0.3 is 5.32 Å². The first-order chi connectivity index (χ1) is 8.56. The molecule has 0 saturated carbocycles. The van der Waals surface area contributed by atoms with Gasteiger partial charge >= 0.3 is 0 Å². The van der Waals surface area contributed by atoms with Gasteiger partial charge in [-0.1, -0.05) is 35.3 Å². The van der Waals surface area contributed by atoms with Crippen molar-refractivity contribution in [2.75, 3.05) is 5.32 Å². The SMILES string of the molecule is CC(Nc1ncc(Cl)cc1Cl)c1cccc(F)c1. The number of halogens is 3. The van der Waals surface area contributed by atoms with Crippen LogP contribution in [-0.4, -0.2) is 4.98 Å². The van der Waals surface area contributed by atoms with Crippen LogP contribution in [-0.2, 0) is 0 Å². The molecule has 0 aliphatic carbocycles. The van der Waals surface area contributed by atoms with E-state index < -0.39 is 0 Å². The summed E-state index contributed by atoms with van der Waals surface area (Å²) in [6.07, 6.45) is 1.51. The molecule has 2 nitrogen and oxygen atoms in total. The quantitative estimate of drug-likeness (QED) is 0.884. The minimum atomic E-state index is -0.267. The Kier molecular flexibility index (Phi) is 4.04. The summed E-state index contributed by atoms with van der Waals surface area (Å²) < 4.78 is 13.1. The Balaban J connectivity index is 2.18. The lowest BCUT2D eigenvalue weighted by Gasteiger charge is -2.16. The molecule has 0 spiro atoms. The van der Waals surface area contributed by atoms with E-state index in [-0.39, 0.29) is 11.9 Å². The molecule has 2 aromatic rings. The Morgan fingerprint density at radius 2 is 2.06 bits per heavy atom. The van der Waals surface area contributed by atoms with Gasteiger partial charge in [-0.3, -0.25) is 0 Å². The van der Waals surface area contributed by atoms with Crippen LogP contribution in [0.15, 0.2) is 36.5 Å². The fourth-order valence-electron chi connectivity index (χ4n) is 1.59. The molecule has 94 valence electrons. The first-order valence-corrected chi connectivity index (χ1v) is 6.15. The minimum Gasteiger partial charge on any atom is -0.362 e. The van der Waals surface area contributed by atoms with Gasteiger partial charge in [-0.25, -0.2) is 9.37 Å². The van der Waals surface area contributed by atoms with E-state index in [1.807, 2.05) is 13.0 Å². The number of nitrogens with zero attached hydrogens (tertiary/aromatic N) is 1. The second kappa shape index (κ2) is 5.55. The lowest BCUT2D eigenvalue weighted by molar-refractivity contribution is 0.623. The van der Waals surface area contributed by atoms with E-state index in [1.165, 1.54) is 18.3 Å². The van der Waals surface area contributed by atoms with Crippen molar-refractivity contribution in [3.63, 3.8) is 0 Å². The number of anilines is 1. The van der Waals surface area contributed by atoms with Gasteiger partial charge in [0.2, 0.25) is 0 Å². The van der Waals surface area contributed by atoms with Crippen LogP contribution in [0.3, 0.4) is 0 Å². The molecule has 1 heterocycles. The molecule has 1 N–H and O–H groups in total. The highest BCUT2D eigenvalue weighted by Gasteiger charge is 2.09. The summed E-state index contributed by atoms with van der Waals surface area (Å²) in [5.74, 6) is 0.258. The van der Waals surface area contributed by atoms with E-state index >= 15 is 0 Å². The normalized spacial score (nSPS) is 12.2. The fourth-order valence-corrected chi connectivity index (χ4v) is 2.02. The largest absolute Gasteiger partial charge is 0.362 e. The van der Waals surface area contributed by atoms with Crippen LogP contribution in [0.4, 0.5) is 10.2 Å². The molecule has 0 radical (unpaired) electrons. The first kappa shape index (κ1) is 13.1. The molecule has 0 aliphatic heterocycles. The van der Waals surface area contributed by atoms with E-state index in [2.05, 4.69) is 10.3 Å². The molecular weight excluding hydrogens is 274 g/mol. The zero-order valence-corrected chi connectivity index (χ0v) is 11.1. The van der Waals surface area contributed by atoms with Crippen LogP contribution < -0.4 is 5.32 Å². The molecular formula is C13H11Cl2FN2. The molecule has 0 aliphatic rings. The van der Waals surface area contributed by atoms with E-state index in [4.69, 9.17) is 23.2 Å². The zero-order valence-electron chi connectivity index (χ0n) is 9.62. The van der Waals surface area contributed by atoms with Crippen LogP contribution in [0, 0.1) is 5.82 Å². The van der Waals surface area contributed by atoms with Crippen LogP contribution in [0.1, 0.15) is 18.5 Å². The highest BCUT2D eigenvalue weighted by molar-refractivity contribution is 6.35. The molecule has 18 heavy (non-hydrogen) atoms. The average molecular weight is 285 g/mol. The van der Waals surface area contributed by atoms with E-state index in [0.29, 0.717) is 15.9 Å². The fraction of sp³-hybridized carbons (Fsp3) is 0.154. The van der Waals surface area contributed by atoms with Gasteiger partial charge in [0.25, 0.3) is 0 Å². The summed E-state index contributed by atoms with van der Waals surface area (Å²) >= 11 is 11.8. The maximum Gasteiger partial charge on any atom is 0.145 e. The standard InChI is InChI=1S/C13H11Cl2FN2/c1-8(9-3-2-4-11(16)5-9)18-13-12(15)6-10(14)7-17-13/h2-8H,1H3,(H,17,18). The Morgan fingerprint density at radius 1 is 1.28 bits per heavy atom. The molecule has 2 rings (SSSR count). The Morgan fingerprint density at radius 3 is 2.72 bits per heavy atom. The summed E-state index contributed by atoms with van der Waals surface area (Å²) in [7, 11) is 0. The van der Waals surface area contributed by atoms with E-state index in [0.717, 1.165) is 5.56 Å². The highest BCUT2D eigenvalue weighted by Crippen LogP contribution is 2.26. The summed E-state index contributed by atoms with van der Waals surface area (Å²) in [5, 5.41) is 4.02. The minimum absolute atomic E-state index is 0.105. The third-order valence-corrected chi connectivity index (χ3v) is 3.00. The number of aromatic nitrogens is 1. The molecule has 1 atom stereocenters. The van der Waals surface area contributed by atoms with Crippen molar-refractivity contribution >= 4 is 29.0 Å². The van der Waals surface area contributed by atoms with Gasteiger partial charge in [0, 0.05) is 6.20 Å². The second-order valence-electron chi connectivity index (χ2n) is 3.90. The summed E-state index contributed by atoms with van der Waals surface area (Å²) in [4.78, 5) is 4.10. The first-order valence-electron chi connectivity index (χ1n) is 5.39. The number of hydrogen-bond acceptors (Lipinski definition) is 2. The smallest absolute Gasteiger partial charge is 0.145 e. The number of rotatable bonds is 3. The average Bonchev–Trinajstić information content (AvgIpc) is 2.32. The number of nitrogens with one attached hydrogen (secondary N) is 1. The van der Waals surface area contributed by atoms with Crippen molar-refractivity contribution in [1.29, 1.82) is 0 Å². The van der Waals surface area contributed by atoms with Crippen molar-refractivity contribution in [1.82, 2.24) is 4.98 Å². The van der Waals surface area contributed by atoms with Crippen LogP contribution in [0.5, 0.6) is 0 Å². The van der Waals surface area contributed by atoms with Gasteiger partial charge in [0.05, 0.1) is 16.1 Å². The molecule has 0 amide bonds. The van der Waals surface area contributed by atoms with Gasteiger partial charge in [-0.2, -0.15) is 0 Å². The molecule has 5 heteroatoms. The van der Waals surface area contributed by atoms with Crippen molar-refractivity contribution in [2.45, 2.75) is 13.0 Å². The molecule has 0 saturated heterocycles. The molecule has 1 aromatic heterocycles. The monoisotopic (exact) mass is 284 g/mol. The van der Waals surface area contributed by atoms with Crippen molar-refractivity contribution in [2.24, 2.45) is 0 Å². The van der Waals surface area contributed by atoms with E-state index in [9.17, 15) is 4.39 Å². The molecule has 1 unspecified atom stereocenters. The highest BCUT2D eigenvalue weighted by atomic mass is 35.5. The van der Waals surface area contributed by atoms with Crippen molar-refractivity contribution < 1.29 is 4.39 Å². The maximum absolute atomic E-state index is 13.1. The zero-order chi connectivity index (χ0) is 13.1. The van der Waals surface area contributed by atoms with Gasteiger partial charge in [-0.15, -0.1) is 0 Å². The van der Waals surface area contributed by atoms with Crippen LogP contribution in [0.25, 0.3) is 0 Å². The summed E-state index contributed by atoms with van der Waals surface area (Å²) in [5.41, 5.74) is 0.822. The lowest BCUT2D eigenvalue weighted by Crippen LogP contribution is -2.08. The van der Waals surface area contributed by atoms with E-state index in [1.54, 1.807) is 12.1 Å². The lowest BCUT2D eigenvalue weighted by atomic mass is 10.1. The Hall–Kier alpha value is -1.32. The molecule has 0 bridgehead atoms. The molecule has 0 fully saturated rings. The number of hydrogen-bond donors (Lipinski definition) is 1. The molecule has 1 aromatic carbocycles. The summed E-state index contributed by atoms with van der Waals surface area (Å²) in [6, 6.07) is 7.89. The maximum atomic E-state index is 13.1. The Labute approximate surface area is 115 Å². The van der Waals surface area contributed by atoms with Gasteiger partial charge in [0.1, 0.15) is 11.6 Å². The third-order valence-electron chi connectivity index (χ3n) is 2.51. The van der Waals surface area contributed by atoms with Gasteiger partial charge in [-0.05, 0) is 30.7 Å². The van der Waals surface area contributed by atoms with Crippen LogP contribution >= 0.6 is 23.2 Å². The second-order valence-corrected chi connectivity index (χ2v) is 4.75. The van der Waals surface area contributed by atoms with Crippen molar-refractivity contribution in [3.05, 3.63) is 58.0 Å². The Bertz CT molecular complexity index is 560. The topological polar surface area (TPSA) is 24.9 Å². The van der Waals surface area contributed by atoms with Crippen LogP contribution in [0.2, 0.25) is 10.0 Å². The third kappa shape index (κ3) is 3.12. The predicted octanol–water partition coefficient (Wildman–Crippen LogP) is 4.70. The van der Waals surface area contributed by atoms with Gasteiger partial charge in [0.15, 0.2) is 0 Å². The predicted molar refractivity (Wildman–Crippen MR) is 72.7 cm³/mol.